The molecular weight excluding hydrogens is 436 g/mol. The summed E-state index contributed by atoms with van der Waals surface area (Å²) >= 11 is 0. The van der Waals surface area contributed by atoms with E-state index in [1.807, 2.05) is 6.92 Å². The van der Waals surface area contributed by atoms with E-state index in [-0.39, 0.29) is 18.1 Å². The molecule has 178 valence electrons. The Kier molecular flexibility index (Phi) is 7.49. The molecular formula is C23H28N8O3. The van der Waals surface area contributed by atoms with Crippen molar-refractivity contribution in [1.82, 2.24) is 19.5 Å². The first-order valence-electron chi connectivity index (χ1n) is 10.6. The van der Waals surface area contributed by atoms with E-state index in [0.29, 0.717) is 23.5 Å². The highest BCUT2D eigenvalue weighted by Gasteiger charge is 2.16. The van der Waals surface area contributed by atoms with Gasteiger partial charge in [0.1, 0.15) is 18.1 Å². The Labute approximate surface area is 196 Å². The predicted octanol–water partition coefficient (Wildman–Crippen LogP) is 0.460. The van der Waals surface area contributed by atoms with Gasteiger partial charge < -0.3 is 22.2 Å². The molecule has 11 nitrogen and oxygen atoms in total. The Morgan fingerprint density at radius 1 is 1.15 bits per heavy atom. The summed E-state index contributed by atoms with van der Waals surface area (Å²) in [7, 11) is 1.75. The number of benzene rings is 2. The third kappa shape index (κ3) is 5.70. The molecule has 3 rings (SSSR count). The van der Waals surface area contributed by atoms with Gasteiger partial charge in [-0.25, -0.2) is 14.4 Å². The van der Waals surface area contributed by atoms with Crippen molar-refractivity contribution in [2.75, 3.05) is 24.8 Å². The average molecular weight is 465 g/mol. The number of nitrogen functional groups attached to an aromatic ring is 2. The Balaban J connectivity index is 1.89. The fraction of sp³-hybridized carbons (Fsp3) is 0.217. The van der Waals surface area contributed by atoms with Gasteiger partial charge in [-0.3, -0.25) is 19.6 Å². The molecule has 0 spiro atoms. The minimum Gasteiger partial charge on any atom is -0.399 e. The van der Waals surface area contributed by atoms with Gasteiger partial charge in [-0.1, -0.05) is 37.3 Å². The van der Waals surface area contributed by atoms with Gasteiger partial charge in [0.25, 0.3) is 5.56 Å². The third-order valence-corrected chi connectivity index (χ3v) is 5.16. The third-order valence-electron chi connectivity index (χ3n) is 5.16. The van der Waals surface area contributed by atoms with Crippen LogP contribution in [0.3, 0.4) is 0 Å². The van der Waals surface area contributed by atoms with Gasteiger partial charge in [-0.2, -0.15) is 0 Å². The topological polar surface area (TPSA) is 164 Å². The van der Waals surface area contributed by atoms with Gasteiger partial charge >= 0.3 is 5.69 Å². The summed E-state index contributed by atoms with van der Waals surface area (Å²) in [6.45, 7) is 2.22. The maximum absolute atomic E-state index is 13.2. The van der Waals surface area contributed by atoms with E-state index in [4.69, 9.17) is 16.9 Å². The SMILES string of the molecule is CCN(C)Nc1cn(-c2cccc(N)c2)c(=O)n(CC(=O)NCc2ccc(C(=N)N)cc2)c1=O. The number of nitrogens with two attached hydrogens (primary N) is 2. The summed E-state index contributed by atoms with van der Waals surface area (Å²) in [6, 6.07) is 13.5. The fourth-order valence-corrected chi connectivity index (χ4v) is 3.16. The van der Waals surface area contributed by atoms with Crippen molar-refractivity contribution in [1.29, 1.82) is 5.41 Å². The molecule has 0 aliphatic carbocycles. The van der Waals surface area contributed by atoms with Crippen LogP contribution in [-0.2, 0) is 17.9 Å². The molecule has 0 aliphatic rings. The lowest BCUT2D eigenvalue weighted by Crippen LogP contribution is -2.44. The molecule has 1 amide bonds. The van der Waals surface area contributed by atoms with Crippen LogP contribution in [0.15, 0.2) is 64.3 Å². The van der Waals surface area contributed by atoms with E-state index in [2.05, 4.69) is 10.7 Å². The van der Waals surface area contributed by atoms with Gasteiger partial charge in [0, 0.05) is 37.6 Å². The van der Waals surface area contributed by atoms with Gasteiger partial charge in [-0.15, -0.1) is 0 Å². The zero-order chi connectivity index (χ0) is 24.8. The van der Waals surface area contributed by atoms with Crippen molar-refractivity contribution in [3.63, 3.8) is 0 Å². The predicted molar refractivity (Wildman–Crippen MR) is 132 cm³/mol. The highest BCUT2D eigenvalue weighted by Crippen LogP contribution is 2.11. The van der Waals surface area contributed by atoms with Crippen LogP contribution in [0, 0.1) is 5.41 Å². The van der Waals surface area contributed by atoms with Crippen LogP contribution in [-0.4, -0.2) is 39.5 Å². The lowest BCUT2D eigenvalue weighted by molar-refractivity contribution is -0.121. The summed E-state index contributed by atoms with van der Waals surface area (Å²) in [5.74, 6) is -0.552. The van der Waals surface area contributed by atoms with Crippen molar-refractivity contribution >= 4 is 23.1 Å². The second kappa shape index (κ2) is 10.5. The maximum Gasteiger partial charge on any atom is 0.336 e. The van der Waals surface area contributed by atoms with E-state index in [1.54, 1.807) is 60.6 Å². The Morgan fingerprint density at radius 3 is 2.47 bits per heavy atom. The quantitative estimate of drug-likeness (QED) is 0.133. The Morgan fingerprint density at radius 2 is 1.85 bits per heavy atom. The highest BCUT2D eigenvalue weighted by atomic mass is 16.2. The fourth-order valence-electron chi connectivity index (χ4n) is 3.16. The Hall–Kier alpha value is -4.38. The molecule has 1 aromatic heterocycles. The maximum atomic E-state index is 13.2. The van der Waals surface area contributed by atoms with Crippen LogP contribution >= 0.6 is 0 Å². The van der Waals surface area contributed by atoms with Crippen LogP contribution in [0.5, 0.6) is 0 Å². The number of nitrogens with zero attached hydrogens (tertiary/aromatic N) is 3. The van der Waals surface area contributed by atoms with Crippen molar-refractivity contribution < 1.29 is 4.79 Å². The van der Waals surface area contributed by atoms with Crippen LogP contribution < -0.4 is 33.5 Å². The number of rotatable bonds is 9. The molecule has 1 heterocycles. The molecule has 0 saturated carbocycles. The molecule has 0 bridgehead atoms. The molecule has 0 aliphatic heterocycles. The average Bonchev–Trinajstić information content (AvgIpc) is 2.82. The van der Waals surface area contributed by atoms with Crippen LogP contribution in [0.1, 0.15) is 18.1 Å². The van der Waals surface area contributed by atoms with Gasteiger partial charge in [0.2, 0.25) is 5.91 Å². The van der Waals surface area contributed by atoms with Gasteiger partial charge in [0.15, 0.2) is 0 Å². The standard InChI is InChI=1S/C23H28N8O3/c1-3-29(2)28-19-13-30(18-6-4-5-17(24)11-18)23(34)31(22(19)33)14-20(32)27-12-15-7-9-16(10-8-15)21(25)26/h4-11,13,28H,3,12,14,24H2,1-2H3,(H3,25,26)(H,27,32). The minimum absolute atomic E-state index is 0.0476. The smallest absolute Gasteiger partial charge is 0.336 e. The number of nitrogens with one attached hydrogen (secondary N) is 3. The summed E-state index contributed by atoms with van der Waals surface area (Å²) in [4.78, 5) is 38.8. The van der Waals surface area contributed by atoms with Gasteiger partial charge in [-0.05, 0) is 23.8 Å². The number of hydrogen-bond acceptors (Lipinski definition) is 7. The van der Waals surface area contributed by atoms with E-state index in [1.165, 1.54) is 10.8 Å². The molecule has 11 heteroatoms. The minimum atomic E-state index is -0.665. The van der Waals surface area contributed by atoms with E-state index >= 15 is 0 Å². The molecule has 0 unspecified atom stereocenters. The first kappa shape index (κ1) is 24.3. The van der Waals surface area contributed by atoms with Crippen LogP contribution in [0.25, 0.3) is 5.69 Å². The van der Waals surface area contributed by atoms with Crippen molar-refractivity contribution in [3.8, 4) is 5.69 Å². The molecule has 7 N–H and O–H groups in total. The number of carbonyl (C=O) groups excluding carboxylic acids is 1. The number of anilines is 2. The first-order chi connectivity index (χ1) is 16.2. The molecule has 3 aromatic rings. The normalized spacial score (nSPS) is 10.8. The van der Waals surface area contributed by atoms with E-state index < -0.39 is 23.7 Å². The van der Waals surface area contributed by atoms with Crippen molar-refractivity contribution in [3.05, 3.63) is 86.7 Å². The lowest BCUT2D eigenvalue weighted by atomic mass is 10.1. The highest BCUT2D eigenvalue weighted by molar-refractivity contribution is 5.94. The summed E-state index contributed by atoms with van der Waals surface area (Å²) in [5, 5.41) is 11.8. The molecule has 0 saturated heterocycles. The summed E-state index contributed by atoms with van der Waals surface area (Å²) in [6.07, 6.45) is 1.40. The second-order valence-electron chi connectivity index (χ2n) is 7.69. The largest absolute Gasteiger partial charge is 0.399 e. The number of amides is 1. The van der Waals surface area contributed by atoms with Crippen LogP contribution in [0.4, 0.5) is 11.4 Å². The zero-order valence-corrected chi connectivity index (χ0v) is 19.0. The zero-order valence-electron chi connectivity index (χ0n) is 19.0. The number of hydrogen-bond donors (Lipinski definition) is 5. The summed E-state index contributed by atoms with van der Waals surface area (Å²) in [5.41, 5.74) is 15.4. The molecule has 0 fully saturated rings. The number of hydrazine groups is 1. The molecule has 0 radical (unpaired) electrons. The Bertz CT molecular complexity index is 1310. The monoisotopic (exact) mass is 464 g/mol. The van der Waals surface area contributed by atoms with Gasteiger partial charge in [0.05, 0.1) is 5.69 Å². The van der Waals surface area contributed by atoms with Crippen LogP contribution in [0.2, 0.25) is 0 Å². The lowest BCUT2D eigenvalue weighted by Gasteiger charge is -2.19. The molecule has 2 aromatic carbocycles. The second-order valence-corrected chi connectivity index (χ2v) is 7.69. The summed E-state index contributed by atoms with van der Waals surface area (Å²) < 4.78 is 2.15. The first-order valence-corrected chi connectivity index (χ1v) is 10.6. The molecule has 34 heavy (non-hydrogen) atoms. The number of amidine groups is 1. The van der Waals surface area contributed by atoms with Crippen molar-refractivity contribution in [2.24, 2.45) is 5.73 Å². The van der Waals surface area contributed by atoms with Crippen molar-refractivity contribution in [2.45, 2.75) is 20.0 Å². The van der Waals surface area contributed by atoms with E-state index in [9.17, 15) is 14.4 Å². The number of aromatic nitrogens is 2. The molecule has 0 atom stereocenters. The van der Waals surface area contributed by atoms with E-state index in [0.717, 1.165) is 10.1 Å². The number of carbonyl (C=O) groups is 1.